The number of hydrogen-bond donors (Lipinski definition) is 2. The van der Waals surface area contributed by atoms with E-state index in [1.54, 1.807) is 6.07 Å². The van der Waals surface area contributed by atoms with Gasteiger partial charge in [-0.25, -0.2) is 0 Å². The lowest BCUT2D eigenvalue weighted by Crippen LogP contribution is -1.99. The number of hydrogen-bond acceptors (Lipinski definition) is 2. The molecular weight excluding hydrogens is 355 g/mol. The largest absolute Gasteiger partial charge is 0.494 e. The maximum atomic E-state index is 6.46. The van der Waals surface area contributed by atoms with Gasteiger partial charge in [-0.2, -0.15) is 0 Å². The van der Waals surface area contributed by atoms with Gasteiger partial charge in [-0.05, 0) is 74.7 Å². The van der Waals surface area contributed by atoms with E-state index in [9.17, 15) is 0 Å². The van der Waals surface area contributed by atoms with Gasteiger partial charge in [0.2, 0.25) is 0 Å². The first kappa shape index (κ1) is 18.1. The van der Waals surface area contributed by atoms with E-state index in [0.717, 1.165) is 41.8 Å². The van der Waals surface area contributed by atoms with Crippen molar-refractivity contribution in [2.24, 2.45) is 5.73 Å². The fourth-order valence-electron chi connectivity index (χ4n) is 3.11. The molecule has 0 spiro atoms. The van der Waals surface area contributed by atoms with Crippen LogP contribution in [0.1, 0.15) is 25.3 Å². The molecule has 1 heterocycles. The van der Waals surface area contributed by atoms with Crippen molar-refractivity contribution in [2.45, 2.75) is 26.2 Å². The number of benzene rings is 2. The van der Waals surface area contributed by atoms with Gasteiger partial charge in [0.25, 0.3) is 0 Å². The van der Waals surface area contributed by atoms with Crippen molar-refractivity contribution in [2.75, 3.05) is 13.2 Å². The molecule has 3 N–H and O–H groups in total. The zero-order chi connectivity index (χ0) is 17.8. The number of H-pyrrole nitrogens is 1. The topological polar surface area (TPSA) is 51.0 Å². The predicted octanol–water partition coefficient (Wildman–Crippen LogP) is 5.82. The maximum absolute atomic E-state index is 6.46. The standard InChI is InChI=1S/C20H22Cl2N2O/c1-2-25-14-7-9-19-17(12-14)15(5-3-4-10-23)20(24-19)16-8-6-13(21)11-18(16)22/h6-9,11-12,24H,2-5,10,23H2,1H3. The van der Waals surface area contributed by atoms with Crippen molar-refractivity contribution >= 4 is 34.1 Å². The zero-order valence-corrected chi connectivity index (χ0v) is 15.8. The lowest BCUT2D eigenvalue weighted by Gasteiger charge is -2.08. The number of rotatable bonds is 7. The minimum atomic E-state index is 0.633. The normalized spacial score (nSPS) is 11.2. The van der Waals surface area contributed by atoms with Crippen molar-refractivity contribution in [1.29, 1.82) is 0 Å². The van der Waals surface area contributed by atoms with Gasteiger partial charge in [0, 0.05) is 21.5 Å². The average Bonchev–Trinajstić information content (AvgIpc) is 2.93. The Hall–Kier alpha value is -1.68. The Bertz CT molecular complexity index is 874. The van der Waals surface area contributed by atoms with Crippen molar-refractivity contribution in [3.8, 4) is 17.0 Å². The molecule has 0 saturated carbocycles. The summed E-state index contributed by atoms with van der Waals surface area (Å²) >= 11 is 12.5. The molecular formula is C20H22Cl2N2O. The number of nitrogens with two attached hydrogens (primary N) is 1. The molecule has 0 fully saturated rings. The Morgan fingerprint density at radius 2 is 1.92 bits per heavy atom. The number of ether oxygens (including phenoxy) is 1. The van der Waals surface area contributed by atoms with Crippen LogP contribution in [-0.4, -0.2) is 18.1 Å². The summed E-state index contributed by atoms with van der Waals surface area (Å²) in [5, 5.41) is 2.45. The summed E-state index contributed by atoms with van der Waals surface area (Å²) in [6.07, 6.45) is 2.95. The highest BCUT2D eigenvalue weighted by Crippen LogP contribution is 2.37. The van der Waals surface area contributed by atoms with Crippen LogP contribution in [0.5, 0.6) is 5.75 Å². The number of nitrogens with one attached hydrogen (secondary N) is 1. The van der Waals surface area contributed by atoms with Crippen LogP contribution < -0.4 is 10.5 Å². The Kier molecular flexibility index (Phi) is 5.89. The Morgan fingerprint density at radius 1 is 1.08 bits per heavy atom. The quantitative estimate of drug-likeness (QED) is 0.510. The smallest absolute Gasteiger partial charge is 0.120 e. The molecule has 3 aromatic rings. The molecule has 0 atom stereocenters. The fraction of sp³-hybridized carbons (Fsp3) is 0.300. The molecule has 25 heavy (non-hydrogen) atoms. The SMILES string of the molecule is CCOc1ccc2[nH]c(-c3ccc(Cl)cc3Cl)c(CCCCN)c2c1. The van der Waals surface area contributed by atoms with Gasteiger partial charge in [-0.15, -0.1) is 0 Å². The van der Waals surface area contributed by atoms with E-state index < -0.39 is 0 Å². The molecule has 0 aliphatic carbocycles. The first-order chi connectivity index (χ1) is 12.1. The molecule has 0 radical (unpaired) electrons. The predicted molar refractivity (Wildman–Crippen MR) is 107 cm³/mol. The monoisotopic (exact) mass is 376 g/mol. The van der Waals surface area contributed by atoms with E-state index in [-0.39, 0.29) is 0 Å². The molecule has 1 aromatic heterocycles. The zero-order valence-electron chi connectivity index (χ0n) is 14.2. The number of aromatic nitrogens is 1. The molecule has 3 rings (SSSR count). The second-order valence-corrected chi connectivity index (χ2v) is 6.83. The third-order valence-electron chi connectivity index (χ3n) is 4.27. The molecule has 132 valence electrons. The minimum absolute atomic E-state index is 0.633. The van der Waals surface area contributed by atoms with Crippen molar-refractivity contribution < 1.29 is 4.74 Å². The van der Waals surface area contributed by atoms with Crippen LogP contribution in [0, 0.1) is 0 Å². The van der Waals surface area contributed by atoms with Gasteiger partial charge in [-0.1, -0.05) is 23.2 Å². The second kappa shape index (κ2) is 8.13. The number of fused-ring (bicyclic) bond motifs is 1. The van der Waals surface area contributed by atoms with Gasteiger partial charge in [0.05, 0.1) is 17.3 Å². The number of unbranched alkanes of at least 4 members (excludes halogenated alkanes) is 1. The average molecular weight is 377 g/mol. The summed E-state index contributed by atoms with van der Waals surface area (Å²) in [6, 6.07) is 11.7. The lowest BCUT2D eigenvalue weighted by molar-refractivity contribution is 0.340. The molecule has 0 amide bonds. The number of halogens is 2. The molecule has 0 bridgehead atoms. The summed E-state index contributed by atoms with van der Waals surface area (Å²) in [7, 11) is 0. The lowest BCUT2D eigenvalue weighted by atomic mass is 10.00. The van der Waals surface area contributed by atoms with Crippen LogP contribution in [0.4, 0.5) is 0 Å². The van der Waals surface area contributed by atoms with Crippen molar-refractivity contribution in [3.63, 3.8) is 0 Å². The Morgan fingerprint density at radius 3 is 2.64 bits per heavy atom. The molecule has 5 heteroatoms. The second-order valence-electron chi connectivity index (χ2n) is 5.99. The van der Waals surface area contributed by atoms with Crippen LogP contribution in [0.2, 0.25) is 10.0 Å². The molecule has 0 aliphatic heterocycles. The summed E-state index contributed by atoms with van der Waals surface area (Å²) in [4.78, 5) is 3.52. The van der Waals surface area contributed by atoms with E-state index in [2.05, 4.69) is 17.1 Å². The van der Waals surface area contributed by atoms with Gasteiger partial charge < -0.3 is 15.5 Å². The van der Waals surface area contributed by atoms with Gasteiger partial charge >= 0.3 is 0 Å². The Balaban J connectivity index is 2.13. The molecule has 0 saturated heterocycles. The highest BCUT2D eigenvalue weighted by molar-refractivity contribution is 6.36. The summed E-state index contributed by atoms with van der Waals surface area (Å²) in [5.74, 6) is 0.878. The Labute approximate surface area is 158 Å². The van der Waals surface area contributed by atoms with E-state index in [0.29, 0.717) is 23.2 Å². The van der Waals surface area contributed by atoms with E-state index in [4.69, 9.17) is 33.7 Å². The van der Waals surface area contributed by atoms with Crippen molar-refractivity contribution in [3.05, 3.63) is 52.0 Å². The first-order valence-corrected chi connectivity index (χ1v) is 9.32. The third-order valence-corrected chi connectivity index (χ3v) is 4.82. The summed E-state index contributed by atoms with van der Waals surface area (Å²) < 4.78 is 5.67. The van der Waals surface area contributed by atoms with E-state index in [1.165, 1.54) is 10.9 Å². The van der Waals surface area contributed by atoms with Crippen LogP contribution in [0.3, 0.4) is 0 Å². The fourth-order valence-corrected chi connectivity index (χ4v) is 3.61. The molecule has 2 aromatic carbocycles. The highest BCUT2D eigenvalue weighted by atomic mass is 35.5. The number of aromatic amines is 1. The van der Waals surface area contributed by atoms with E-state index in [1.807, 2.05) is 25.1 Å². The molecule has 0 unspecified atom stereocenters. The third kappa shape index (κ3) is 3.95. The number of aryl methyl sites for hydroxylation is 1. The first-order valence-electron chi connectivity index (χ1n) is 8.57. The van der Waals surface area contributed by atoms with Gasteiger partial charge in [0.15, 0.2) is 0 Å². The van der Waals surface area contributed by atoms with Crippen LogP contribution in [-0.2, 0) is 6.42 Å². The van der Waals surface area contributed by atoms with Crippen molar-refractivity contribution in [1.82, 2.24) is 4.98 Å². The summed E-state index contributed by atoms with van der Waals surface area (Å²) in [6.45, 7) is 3.33. The molecule has 0 aliphatic rings. The van der Waals surface area contributed by atoms with Gasteiger partial charge in [-0.3, -0.25) is 0 Å². The highest BCUT2D eigenvalue weighted by Gasteiger charge is 2.16. The van der Waals surface area contributed by atoms with Crippen LogP contribution in [0.25, 0.3) is 22.2 Å². The van der Waals surface area contributed by atoms with E-state index >= 15 is 0 Å². The summed E-state index contributed by atoms with van der Waals surface area (Å²) in [5.41, 5.74) is 10.00. The molecule has 3 nitrogen and oxygen atoms in total. The minimum Gasteiger partial charge on any atom is -0.494 e. The van der Waals surface area contributed by atoms with Crippen LogP contribution >= 0.6 is 23.2 Å². The van der Waals surface area contributed by atoms with Crippen LogP contribution in [0.15, 0.2) is 36.4 Å². The van der Waals surface area contributed by atoms with Gasteiger partial charge in [0.1, 0.15) is 5.75 Å². The maximum Gasteiger partial charge on any atom is 0.120 e.